The van der Waals surface area contributed by atoms with Crippen molar-refractivity contribution in [3.63, 3.8) is 0 Å². The number of hydrogen-bond acceptors (Lipinski definition) is 5. The van der Waals surface area contributed by atoms with Crippen molar-refractivity contribution in [1.29, 1.82) is 0 Å². The molecule has 2 aromatic carbocycles. The van der Waals surface area contributed by atoms with E-state index in [0.717, 1.165) is 0 Å². The molecule has 8 heteroatoms. The summed E-state index contributed by atoms with van der Waals surface area (Å²) in [5, 5.41) is 21.3. The van der Waals surface area contributed by atoms with E-state index in [1.165, 1.54) is 25.5 Å². The molecule has 0 atom stereocenters. The van der Waals surface area contributed by atoms with Crippen LogP contribution >= 0.6 is 27.5 Å². The number of rotatable bonds is 4. The predicted molar refractivity (Wildman–Crippen MR) is 87.7 cm³/mol. The summed E-state index contributed by atoms with van der Waals surface area (Å²) in [5.74, 6) is 0.0302. The Hall–Kier alpha value is -2.12. The summed E-state index contributed by atoms with van der Waals surface area (Å²) in [5.41, 5.74) is 0.231. The van der Waals surface area contributed by atoms with Crippen LogP contribution in [-0.2, 0) is 0 Å². The molecule has 0 aliphatic heterocycles. The van der Waals surface area contributed by atoms with E-state index in [-0.39, 0.29) is 5.56 Å². The summed E-state index contributed by atoms with van der Waals surface area (Å²) in [6.07, 6.45) is 1.31. The quantitative estimate of drug-likeness (QED) is 0.478. The zero-order chi connectivity index (χ0) is 16.3. The maximum absolute atomic E-state index is 10.9. The number of methoxy groups -OCH3 is 1. The van der Waals surface area contributed by atoms with Crippen LogP contribution in [-0.4, -0.2) is 23.4 Å². The van der Waals surface area contributed by atoms with Gasteiger partial charge in [0.2, 0.25) is 5.75 Å². The first-order valence-corrected chi connectivity index (χ1v) is 7.14. The fourth-order valence-electron chi connectivity index (χ4n) is 1.75. The Morgan fingerprint density at radius 2 is 2.14 bits per heavy atom. The van der Waals surface area contributed by atoms with E-state index in [4.69, 9.17) is 16.3 Å². The minimum atomic E-state index is -0.669. The molecule has 0 radical (unpaired) electrons. The van der Waals surface area contributed by atoms with Gasteiger partial charge in [-0.25, -0.2) is 0 Å². The van der Waals surface area contributed by atoms with Gasteiger partial charge in [-0.1, -0.05) is 27.5 Å². The first kappa shape index (κ1) is 16.3. The number of nitrogens with zero attached hydrogens (tertiary/aromatic N) is 2. The standard InChI is InChI=1S/C14H10BrClN2O4/c1-22-13-3-2-10(16)6-11(13)17-7-8-4-9(15)5-12(14(8)19)18(20)21/h2-7,19H,1H3. The normalized spacial score (nSPS) is 10.9. The second-order valence-corrected chi connectivity index (χ2v) is 5.55. The molecule has 0 unspecified atom stereocenters. The molecule has 2 rings (SSSR count). The summed E-state index contributed by atoms with van der Waals surface area (Å²) in [6.45, 7) is 0. The molecule has 0 bridgehead atoms. The number of phenols is 1. The van der Waals surface area contributed by atoms with E-state index in [2.05, 4.69) is 20.9 Å². The van der Waals surface area contributed by atoms with Crippen LogP contribution in [0.3, 0.4) is 0 Å². The molecule has 0 saturated heterocycles. The first-order valence-electron chi connectivity index (χ1n) is 5.97. The summed E-state index contributed by atoms with van der Waals surface area (Å²) in [7, 11) is 1.49. The lowest BCUT2D eigenvalue weighted by molar-refractivity contribution is -0.385. The summed E-state index contributed by atoms with van der Waals surface area (Å²) in [6, 6.07) is 7.62. The van der Waals surface area contributed by atoms with Crippen LogP contribution in [0.2, 0.25) is 5.02 Å². The van der Waals surface area contributed by atoms with Crippen molar-refractivity contribution in [2.45, 2.75) is 0 Å². The Morgan fingerprint density at radius 3 is 2.77 bits per heavy atom. The van der Waals surface area contributed by atoms with E-state index >= 15 is 0 Å². The average Bonchev–Trinajstić information content (AvgIpc) is 2.47. The zero-order valence-corrected chi connectivity index (χ0v) is 13.6. The van der Waals surface area contributed by atoms with Gasteiger partial charge in [0.1, 0.15) is 11.4 Å². The molecule has 1 N–H and O–H groups in total. The third-order valence-corrected chi connectivity index (χ3v) is 3.46. The first-order chi connectivity index (χ1) is 10.4. The van der Waals surface area contributed by atoms with Gasteiger partial charge in [0, 0.05) is 27.3 Å². The number of ether oxygens (including phenoxy) is 1. The largest absolute Gasteiger partial charge is 0.502 e. The van der Waals surface area contributed by atoms with Gasteiger partial charge in [0.25, 0.3) is 0 Å². The smallest absolute Gasteiger partial charge is 0.312 e. The van der Waals surface area contributed by atoms with Gasteiger partial charge in [0.15, 0.2) is 0 Å². The third kappa shape index (κ3) is 3.55. The Bertz CT molecular complexity index is 765. The van der Waals surface area contributed by atoms with Gasteiger partial charge in [-0.15, -0.1) is 0 Å². The van der Waals surface area contributed by atoms with Crippen LogP contribution in [0.1, 0.15) is 5.56 Å². The molecule has 6 nitrogen and oxygen atoms in total. The molecular formula is C14H10BrClN2O4. The van der Waals surface area contributed by atoms with Crippen molar-refractivity contribution < 1.29 is 14.8 Å². The van der Waals surface area contributed by atoms with E-state index in [1.54, 1.807) is 18.2 Å². The molecule has 0 amide bonds. The summed E-state index contributed by atoms with van der Waals surface area (Å²) in [4.78, 5) is 14.4. The van der Waals surface area contributed by atoms with Gasteiger partial charge in [-0.2, -0.15) is 0 Å². The van der Waals surface area contributed by atoms with E-state index in [0.29, 0.717) is 20.9 Å². The van der Waals surface area contributed by atoms with Gasteiger partial charge in [-0.05, 0) is 24.3 Å². The summed E-state index contributed by atoms with van der Waals surface area (Å²) < 4.78 is 5.61. The van der Waals surface area contributed by atoms with Crippen LogP contribution in [0, 0.1) is 10.1 Å². The Kier molecular flexibility index (Phi) is 4.99. The molecule has 0 aliphatic carbocycles. The topological polar surface area (TPSA) is 85.0 Å². The fraction of sp³-hybridized carbons (Fsp3) is 0.0714. The molecule has 0 saturated carbocycles. The van der Waals surface area contributed by atoms with Gasteiger partial charge >= 0.3 is 5.69 Å². The number of benzene rings is 2. The summed E-state index contributed by atoms with van der Waals surface area (Å²) >= 11 is 9.06. The molecule has 0 fully saturated rings. The molecular weight excluding hydrogens is 376 g/mol. The third-order valence-electron chi connectivity index (χ3n) is 2.76. The van der Waals surface area contributed by atoms with Crippen LogP contribution in [0.4, 0.5) is 11.4 Å². The number of phenolic OH excluding ortho intramolecular Hbond substituents is 1. The molecule has 0 aromatic heterocycles. The van der Waals surface area contributed by atoms with E-state index < -0.39 is 16.4 Å². The SMILES string of the molecule is COc1ccc(Cl)cc1N=Cc1cc(Br)cc([N+](=O)[O-])c1O. The predicted octanol–water partition coefficient (Wildman–Crippen LogP) is 4.48. The minimum Gasteiger partial charge on any atom is -0.502 e. The second kappa shape index (κ2) is 6.76. The van der Waals surface area contributed by atoms with Crippen LogP contribution in [0.15, 0.2) is 39.8 Å². The molecule has 114 valence electrons. The van der Waals surface area contributed by atoms with Crippen LogP contribution in [0.5, 0.6) is 11.5 Å². The number of nitro benzene ring substituents is 1. The highest BCUT2D eigenvalue weighted by atomic mass is 79.9. The highest BCUT2D eigenvalue weighted by Gasteiger charge is 2.17. The number of aliphatic imine (C=N–C) groups is 1. The fourth-order valence-corrected chi connectivity index (χ4v) is 2.38. The van der Waals surface area contributed by atoms with Crippen molar-refractivity contribution in [3.05, 3.63) is 55.5 Å². The van der Waals surface area contributed by atoms with Crippen LogP contribution in [0.25, 0.3) is 0 Å². The number of aromatic hydroxyl groups is 1. The molecule has 2 aromatic rings. The zero-order valence-electron chi connectivity index (χ0n) is 11.3. The van der Waals surface area contributed by atoms with Crippen molar-refractivity contribution in [2.24, 2.45) is 4.99 Å². The second-order valence-electron chi connectivity index (χ2n) is 4.19. The van der Waals surface area contributed by atoms with Crippen molar-refractivity contribution in [2.75, 3.05) is 7.11 Å². The highest BCUT2D eigenvalue weighted by Crippen LogP contribution is 2.34. The molecule has 0 heterocycles. The number of nitro groups is 1. The lowest BCUT2D eigenvalue weighted by atomic mass is 10.2. The van der Waals surface area contributed by atoms with E-state index in [1.807, 2.05) is 0 Å². The van der Waals surface area contributed by atoms with Gasteiger partial charge < -0.3 is 9.84 Å². The van der Waals surface area contributed by atoms with E-state index in [9.17, 15) is 15.2 Å². The maximum atomic E-state index is 10.9. The Balaban J connectivity index is 2.47. The average molecular weight is 386 g/mol. The van der Waals surface area contributed by atoms with Gasteiger partial charge in [0.05, 0.1) is 12.0 Å². The molecule has 0 spiro atoms. The van der Waals surface area contributed by atoms with Crippen molar-refractivity contribution in [1.82, 2.24) is 0 Å². The monoisotopic (exact) mass is 384 g/mol. The maximum Gasteiger partial charge on any atom is 0.312 e. The Morgan fingerprint density at radius 1 is 1.41 bits per heavy atom. The number of halogens is 2. The molecule has 22 heavy (non-hydrogen) atoms. The molecule has 0 aliphatic rings. The van der Waals surface area contributed by atoms with Crippen molar-refractivity contribution in [3.8, 4) is 11.5 Å². The van der Waals surface area contributed by atoms with Crippen LogP contribution < -0.4 is 4.74 Å². The van der Waals surface area contributed by atoms with Gasteiger partial charge in [-0.3, -0.25) is 15.1 Å². The minimum absolute atomic E-state index is 0.197. The Labute approximate surface area is 139 Å². The number of hydrogen-bond donors (Lipinski definition) is 1. The highest BCUT2D eigenvalue weighted by molar-refractivity contribution is 9.10. The van der Waals surface area contributed by atoms with Crippen molar-refractivity contribution >= 4 is 45.1 Å². The lowest BCUT2D eigenvalue weighted by Crippen LogP contribution is -1.93. The lowest BCUT2D eigenvalue weighted by Gasteiger charge is -2.05.